The fourth-order valence-electron chi connectivity index (χ4n) is 2.60. The van der Waals surface area contributed by atoms with E-state index >= 15 is 0 Å². The molecule has 1 amide bonds. The Kier molecular flexibility index (Phi) is 7.30. The molecule has 0 spiro atoms. The Bertz CT molecular complexity index is 629. The van der Waals surface area contributed by atoms with Crippen molar-refractivity contribution < 1.29 is 9.53 Å². The molecule has 0 radical (unpaired) electrons. The molecule has 128 valence electrons. The van der Waals surface area contributed by atoms with Crippen LogP contribution in [0.2, 0.25) is 0 Å². The monoisotopic (exact) mass is 326 g/mol. The largest absolute Gasteiger partial charge is 0.496 e. The highest BCUT2D eigenvalue weighted by molar-refractivity contribution is 5.76. The van der Waals surface area contributed by atoms with Gasteiger partial charge in [0.15, 0.2) is 0 Å². The lowest BCUT2D eigenvalue weighted by Crippen LogP contribution is -2.30. The van der Waals surface area contributed by atoms with Gasteiger partial charge < -0.3 is 15.0 Å². The molecule has 0 bridgehead atoms. The lowest BCUT2D eigenvalue weighted by Gasteiger charge is -2.16. The number of hydrogen-bond donors (Lipinski definition) is 1. The molecule has 0 heterocycles. The maximum atomic E-state index is 12.0. The van der Waals surface area contributed by atoms with Gasteiger partial charge in [0.25, 0.3) is 0 Å². The highest BCUT2D eigenvalue weighted by Crippen LogP contribution is 2.17. The van der Waals surface area contributed by atoms with Crippen molar-refractivity contribution >= 4 is 5.91 Å². The molecule has 4 nitrogen and oxygen atoms in total. The van der Waals surface area contributed by atoms with Gasteiger partial charge in [-0.25, -0.2) is 0 Å². The van der Waals surface area contributed by atoms with E-state index in [-0.39, 0.29) is 5.91 Å². The fourth-order valence-corrected chi connectivity index (χ4v) is 2.60. The molecule has 0 aliphatic rings. The molecule has 0 unspecified atom stereocenters. The zero-order chi connectivity index (χ0) is 17.2. The first kappa shape index (κ1) is 18.0. The van der Waals surface area contributed by atoms with Gasteiger partial charge in [-0.2, -0.15) is 0 Å². The number of nitrogens with zero attached hydrogens (tertiary/aromatic N) is 1. The molecule has 2 rings (SSSR count). The van der Waals surface area contributed by atoms with Crippen LogP contribution in [-0.4, -0.2) is 38.1 Å². The molecule has 2 aromatic rings. The molecular formula is C20H26N2O2. The van der Waals surface area contributed by atoms with Crippen LogP contribution in [0.25, 0.3) is 0 Å². The van der Waals surface area contributed by atoms with E-state index in [1.807, 2.05) is 49.5 Å². The average molecular weight is 326 g/mol. The van der Waals surface area contributed by atoms with E-state index in [4.69, 9.17) is 4.74 Å². The number of para-hydroxylation sites is 1. The third kappa shape index (κ3) is 6.05. The highest BCUT2D eigenvalue weighted by atomic mass is 16.5. The van der Waals surface area contributed by atoms with Crippen LogP contribution in [0.3, 0.4) is 0 Å². The Morgan fingerprint density at radius 2 is 1.79 bits per heavy atom. The van der Waals surface area contributed by atoms with Crippen molar-refractivity contribution in [2.24, 2.45) is 0 Å². The second-order valence-corrected chi connectivity index (χ2v) is 5.89. The van der Waals surface area contributed by atoms with E-state index in [0.717, 1.165) is 30.8 Å². The summed E-state index contributed by atoms with van der Waals surface area (Å²) in [6.07, 6.45) is 1.28. The second kappa shape index (κ2) is 9.73. The van der Waals surface area contributed by atoms with Crippen LogP contribution in [0.15, 0.2) is 54.6 Å². The van der Waals surface area contributed by atoms with Crippen molar-refractivity contribution in [3.05, 3.63) is 65.7 Å². The van der Waals surface area contributed by atoms with Gasteiger partial charge in [0.1, 0.15) is 5.75 Å². The zero-order valence-electron chi connectivity index (χ0n) is 14.5. The van der Waals surface area contributed by atoms with Crippen LogP contribution in [0.5, 0.6) is 5.75 Å². The Morgan fingerprint density at radius 1 is 1.08 bits per heavy atom. The molecule has 4 heteroatoms. The number of rotatable bonds is 9. The minimum Gasteiger partial charge on any atom is -0.496 e. The van der Waals surface area contributed by atoms with Crippen LogP contribution in [0.4, 0.5) is 0 Å². The molecule has 0 fully saturated rings. The molecule has 24 heavy (non-hydrogen) atoms. The topological polar surface area (TPSA) is 41.6 Å². The van der Waals surface area contributed by atoms with Crippen molar-refractivity contribution in [1.29, 1.82) is 0 Å². The Labute approximate surface area is 144 Å². The van der Waals surface area contributed by atoms with E-state index in [1.165, 1.54) is 5.56 Å². The van der Waals surface area contributed by atoms with Crippen molar-refractivity contribution in [3.8, 4) is 5.75 Å². The summed E-state index contributed by atoms with van der Waals surface area (Å²) in [6.45, 7) is 2.23. The third-order valence-corrected chi connectivity index (χ3v) is 3.92. The van der Waals surface area contributed by atoms with Gasteiger partial charge in [-0.3, -0.25) is 4.79 Å². The molecule has 0 aliphatic heterocycles. The lowest BCUT2D eigenvalue weighted by atomic mass is 10.1. The molecule has 0 aliphatic carbocycles. The van der Waals surface area contributed by atoms with E-state index < -0.39 is 0 Å². The van der Waals surface area contributed by atoms with Gasteiger partial charge in [0.2, 0.25) is 5.91 Å². The van der Waals surface area contributed by atoms with Gasteiger partial charge in [0.05, 0.1) is 7.11 Å². The summed E-state index contributed by atoms with van der Waals surface area (Å²) < 4.78 is 5.32. The summed E-state index contributed by atoms with van der Waals surface area (Å²) >= 11 is 0. The van der Waals surface area contributed by atoms with Crippen LogP contribution in [-0.2, 0) is 17.8 Å². The lowest BCUT2D eigenvalue weighted by molar-refractivity contribution is -0.121. The number of amides is 1. The number of ether oxygens (including phenoxy) is 1. The zero-order valence-corrected chi connectivity index (χ0v) is 14.5. The molecule has 1 N–H and O–H groups in total. The standard InChI is InChI=1S/C20H26N2O2/c1-22(16-17-8-4-3-5-9-17)15-13-20(23)21-14-12-18-10-6-7-11-19(18)24-2/h3-11H,12-16H2,1-2H3,(H,21,23). The first-order valence-electron chi connectivity index (χ1n) is 8.30. The van der Waals surface area contributed by atoms with Crippen molar-refractivity contribution in [2.75, 3.05) is 27.2 Å². The van der Waals surface area contributed by atoms with E-state index in [0.29, 0.717) is 13.0 Å². The average Bonchev–Trinajstić information content (AvgIpc) is 2.61. The van der Waals surface area contributed by atoms with Gasteiger partial charge >= 0.3 is 0 Å². The predicted molar refractivity (Wildman–Crippen MR) is 97.1 cm³/mol. The number of carbonyl (C=O) groups excluding carboxylic acids is 1. The summed E-state index contributed by atoms with van der Waals surface area (Å²) in [7, 11) is 3.70. The number of methoxy groups -OCH3 is 1. The summed E-state index contributed by atoms with van der Waals surface area (Å²) in [4.78, 5) is 14.1. The molecule has 0 saturated heterocycles. The summed E-state index contributed by atoms with van der Waals surface area (Å²) in [5.41, 5.74) is 2.37. The molecule has 0 atom stereocenters. The second-order valence-electron chi connectivity index (χ2n) is 5.89. The van der Waals surface area contributed by atoms with Gasteiger partial charge in [-0.15, -0.1) is 0 Å². The minimum atomic E-state index is 0.0878. The number of carbonyl (C=O) groups is 1. The first-order chi connectivity index (χ1) is 11.7. The normalized spacial score (nSPS) is 10.6. The fraction of sp³-hybridized carbons (Fsp3) is 0.350. The smallest absolute Gasteiger partial charge is 0.221 e. The number of hydrogen-bond acceptors (Lipinski definition) is 3. The predicted octanol–water partition coefficient (Wildman–Crippen LogP) is 2.88. The van der Waals surface area contributed by atoms with E-state index in [2.05, 4.69) is 22.3 Å². The highest BCUT2D eigenvalue weighted by Gasteiger charge is 2.06. The Morgan fingerprint density at radius 3 is 2.54 bits per heavy atom. The third-order valence-electron chi connectivity index (χ3n) is 3.92. The van der Waals surface area contributed by atoms with Crippen molar-refractivity contribution in [3.63, 3.8) is 0 Å². The van der Waals surface area contributed by atoms with Gasteiger partial charge in [-0.1, -0.05) is 48.5 Å². The molecular weight excluding hydrogens is 300 g/mol. The quantitative estimate of drug-likeness (QED) is 0.770. The van der Waals surface area contributed by atoms with Gasteiger partial charge in [0, 0.05) is 26.1 Å². The summed E-state index contributed by atoms with van der Waals surface area (Å²) in [5.74, 6) is 0.958. The van der Waals surface area contributed by atoms with E-state index in [1.54, 1.807) is 7.11 Å². The molecule has 2 aromatic carbocycles. The van der Waals surface area contributed by atoms with Crippen LogP contribution in [0, 0.1) is 0 Å². The summed E-state index contributed by atoms with van der Waals surface area (Å²) in [6, 6.07) is 18.2. The molecule has 0 aromatic heterocycles. The Hall–Kier alpha value is -2.33. The first-order valence-corrected chi connectivity index (χ1v) is 8.30. The number of nitrogens with one attached hydrogen (secondary N) is 1. The van der Waals surface area contributed by atoms with Crippen molar-refractivity contribution in [2.45, 2.75) is 19.4 Å². The molecule has 0 saturated carbocycles. The van der Waals surface area contributed by atoms with Crippen LogP contribution >= 0.6 is 0 Å². The van der Waals surface area contributed by atoms with Crippen LogP contribution in [0.1, 0.15) is 17.5 Å². The summed E-state index contributed by atoms with van der Waals surface area (Å²) in [5, 5.41) is 2.98. The maximum absolute atomic E-state index is 12.0. The SMILES string of the molecule is COc1ccccc1CCNC(=O)CCN(C)Cc1ccccc1. The van der Waals surface area contributed by atoms with Crippen molar-refractivity contribution in [1.82, 2.24) is 10.2 Å². The maximum Gasteiger partial charge on any atom is 0.221 e. The van der Waals surface area contributed by atoms with Gasteiger partial charge in [-0.05, 0) is 30.7 Å². The Balaban J connectivity index is 1.66. The number of benzene rings is 2. The van der Waals surface area contributed by atoms with E-state index in [9.17, 15) is 4.79 Å². The van der Waals surface area contributed by atoms with Crippen LogP contribution < -0.4 is 10.1 Å². The minimum absolute atomic E-state index is 0.0878.